The molecule has 6 heterocycles. The summed E-state index contributed by atoms with van der Waals surface area (Å²) in [7, 11) is 0. The van der Waals surface area contributed by atoms with Crippen molar-refractivity contribution in [2.24, 2.45) is 34.0 Å². The highest BCUT2D eigenvalue weighted by molar-refractivity contribution is 5.89. The lowest BCUT2D eigenvalue weighted by molar-refractivity contribution is -0.178. The summed E-state index contributed by atoms with van der Waals surface area (Å²) in [6, 6.07) is 0. The summed E-state index contributed by atoms with van der Waals surface area (Å²) >= 11 is 0. The van der Waals surface area contributed by atoms with Gasteiger partial charge in [0.05, 0.1) is 34.0 Å². The van der Waals surface area contributed by atoms with Crippen molar-refractivity contribution in [3.8, 4) is 0 Å². The standard InChI is InChI=1S/C13H22O4.3C12H20O4.2C11H18O4/c1-7-11(2,3)9(14)17-13(6)8-12(4,5)16-10(13)15;1-6-11(2,3)10(14)15-8-7-12(4,5)16-9(8)13;1-6-11(3,4)9(13)16-12(5)7-8(2)15-10(12)14;1-6-8(2)9(13)15-12(5)7-11(3,4)16-10(12)14;1-5-7(2)9(12)14-8-6-11(3,4)15-10(8)13;1-5-7(2)9(12)15-11(4)6-8(3)14-10(11)13/h7-8H2,1-6H3;3*8H,6-7H2,1-5H3;2*7-8H,5-6H2,1-4H3. The Morgan fingerprint density at radius 3 is 0.947 bits per heavy atom. The number of hydrogen-bond donors (Lipinski definition) is 0. The summed E-state index contributed by atoms with van der Waals surface area (Å²) in [6.45, 7) is 52.2. The highest BCUT2D eigenvalue weighted by atomic mass is 16.7. The molecule has 6 aliphatic rings. The fourth-order valence-electron chi connectivity index (χ4n) is 9.65. The molecule has 0 bridgehead atoms. The Hall–Kier alpha value is -6.36. The molecule has 11 unspecified atom stereocenters. The van der Waals surface area contributed by atoms with Gasteiger partial charge in [0.1, 0.15) is 34.6 Å². The first-order valence-corrected chi connectivity index (χ1v) is 33.5. The molecule has 0 aliphatic carbocycles. The summed E-state index contributed by atoms with van der Waals surface area (Å²) in [5.74, 6) is -5.20. The maximum absolute atomic E-state index is 12.0. The Labute approximate surface area is 565 Å². The normalized spacial score (nSPS) is 28.3. The van der Waals surface area contributed by atoms with Crippen molar-refractivity contribution in [2.45, 2.75) is 347 Å². The Morgan fingerprint density at radius 2 is 0.674 bits per heavy atom. The third-order valence-electron chi connectivity index (χ3n) is 17.7. The molecule has 0 amide bonds. The molecule has 546 valence electrons. The summed E-state index contributed by atoms with van der Waals surface area (Å²) < 4.78 is 62.0. The Kier molecular flexibility index (Phi) is 30.3. The maximum Gasteiger partial charge on any atom is 0.351 e. The number of esters is 12. The first-order valence-electron chi connectivity index (χ1n) is 33.5. The van der Waals surface area contributed by atoms with Crippen LogP contribution in [0.15, 0.2) is 0 Å². The molecule has 0 aromatic rings. The van der Waals surface area contributed by atoms with Gasteiger partial charge in [0.15, 0.2) is 0 Å². The van der Waals surface area contributed by atoms with Crippen LogP contribution in [0.4, 0.5) is 0 Å². The average molecular weight is 1360 g/mol. The second-order valence-electron chi connectivity index (χ2n) is 31.3. The SMILES string of the molecule is CCC(C)(C)C(=O)OC1(C)CC(C)(C)OC1=O.CCC(C)(C)C(=O)OC1(C)CC(C)OC1=O.CCC(C)(C)C(=O)OC1CC(C)(C)OC1=O.CCC(C)C(=O)OC1(C)CC(C)(C)OC1=O.CCC(C)C(=O)OC1(C)CC(C)OC1=O.CCC(C)C(=O)OC1CC(C)(C)OC1=O. The van der Waals surface area contributed by atoms with E-state index in [1.807, 2.05) is 125 Å². The van der Waals surface area contributed by atoms with Gasteiger partial charge in [-0.1, -0.05) is 62.3 Å². The number of carbonyl (C=O) groups excluding carboxylic acids is 12. The Morgan fingerprint density at radius 1 is 0.389 bits per heavy atom. The minimum Gasteiger partial charge on any atom is -0.460 e. The van der Waals surface area contributed by atoms with Crippen LogP contribution in [0.3, 0.4) is 0 Å². The summed E-state index contributed by atoms with van der Waals surface area (Å²) in [4.78, 5) is 140. The molecule has 6 rings (SSSR count). The molecule has 95 heavy (non-hydrogen) atoms. The van der Waals surface area contributed by atoms with E-state index in [1.54, 1.807) is 76.2 Å². The van der Waals surface area contributed by atoms with Crippen molar-refractivity contribution >= 4 is 71.6 Å². The van der Waals surface area contributed by atoms with E-state index in [9.17, 15) is 57.5 Å². The third-order valence-corrected chi connectivity index (χ3v) is 17.7. The molecule has 6 saturated heterocycles. The van der Waals surface area contributed by atoms with E-state index in [0.29, 0.717) is 77.0 Å². The first kappa shape index (κ1) is 86.7. The van der Waals surface area contributed by atoms with Crippen LogP contribution in [-0.4, -0.2) is 141 Å². The number of rotatable bonds is 18. The van der Waals surface area contributed by atoms with Crippen molar-refractivity contribution in [1.29, 1.82) is 0 Å². The molecule has 0 radical (unpaired) electrons. The molecule has 24 nitrogen and oxygen atoms in total. The van der Waals surface area contributed by atoms with Crippen molar-refractivity contribution < 1.29 is 114 Å². The maximum atomic E-state index is 12.0. The smallest absolute Gasteiger partial charge is 0.351 e. The summed E-state index contributed by atoms with van der Waals surface area (Å²) in [6.07, 6.45) is 4.85. The predicted octanol–water partition coefficient (Wildman–Crippen LogP) is 12.0. The van der Waals surface area contributed by atoms with Crippen molar-refractivity contribution in [1.82, 2.24) is 0 Å². The minimum absolute atomic E-state index is 0.165. The second kappa shape index (κ2) is 33.3. The van der Waals surface area contributed by atoms with Crippen molar-refractivity contribution in [2.75, 3.05) is 0 Å². The second-order valence-corrected chi connectivity index (χ2v) is 31.3. The van der Waals surface area contributed by atoms with Crippen molar-refractivity contribution in [3.63, 3.8) is 0 Å². The zero-order valence-electron chi connectivity index (χ0n) is 62.8. The van der Waals surface area contributed by atoms with Crippen LogP contribution in [0, 0.1) is 34.0 Å². The highest BCUT2D eigenvalue weighted by Crippen LogP contribution is 2.40. The lowest BCUT2D eigenvalue weighted by Gasteiger charge is -2.27. The van der Waals surface area contributed by atoms with Crippen LogP contribution < -0.4 is 0 Å². The molecule has 6 fully saturated rings. The molecule has 0 saturated carbocycles. The molecule has 0 spiro atoms. The molecule has 11 atom stereocenters. The third kappa shape index (κ3) is 25.5. The van der Waals surface area contributed by atoms with E-state index in [0.717, 1.165) is 0 Å². The number of hydrogen-bond acceptors (Lipinski definition) is 24. The van der Waals surface area contributed by atoms with Gasteiger partial charge in [-0.05, 0) is 177 Å². The molecule has 0 N–H and O–H groups in total. The van der Waals surface area contributed by atoms with Crippen LogP contribution in [0.5, 0.6) is 0 Å². The number of carbonyl (C=O) groups is 12. The molecule has 0 aromatic carbocycles. The number of ether oxygens (including phenoxy) is 12. The zero-order valence-corrected chi connectivity index (χ0v) is 62.8. The van der Waals surface area contributed by atoms with Gasteiger partial charge in [0.2, 0.25) is 34.6 Å². The van der Waals surface area contributed by atoms with Crippen LogP contribution in [0.25, 0.3) is 0 Å². The van der Waals surface area contributed by atoms with E-state index in [4.69, 9.17) is 56.8 Å². The summed E-state index contributed by atoms with van der Waals surface area (Å²) in [5.41, 5.74) is -8.31. The molecular formula is C71H118O24. The molecule has 0 aromatic heterocycles. The van der Waals surface area contributed by atoms with Gasteiger partial charge in [-0.3, -0.25) is 28.8 Å². The lowest BCUT2D eigenvalue weighted by Crippen LogP contribution is -2.41. The fraction of sp³-hybridized carbons (Fsp3) is 0.831. The fourth-order valence-corrected chi connectivity index (χ4v) is 9.65. The van der Waals surface area contributed by atoms with E-state index in [-0.39, 0.29) is 65.8 Å². The van der Waals surface area contributed by atoms with Crippen LogP contribution >= 0.6 is 0 Å². The Balaban J connectivity index is 0.000000570. The van der Waals surface area contributed by atoms with Crippen LogP contribution in [0.1, 0.15) is 278 Å². The topological polar surface area (TPSA) is 316 Å². The van der Waals surface area contributed by atoms with E-state index < -0.39 is 109 Å². The van der Waals surface area contributed by atoms with Crippen LogP contribution in [0.2, 0.25) is 0 Å². The monoisotopic (exact) mass is 1350 g/mol. The highest BCUT2D eigenvalue weighted by Gasteiger charge is 2.56. The average Bonchev–Trinajstić information content (AvgIpc) is 1.67. The van der Waals surface area contributed by atoms with Gasteiger partial charge in [0.25, 0.3) is 0 Å². The van der Waals surface area contributed by atoms with Gasteiger partial charge in [0, 0.05) is 38.5 Å². The van der Waals surface area contributed by atoms with Gasteiger partial charge in [-0.25, -0.2) is 28.8 Å². The lowest BCUT2D eigenvalue weighted by atomic mass is 9.89. The van der Waals surface area contributed by atoms with Crippen LogP contribution in [-0.2, 0) is 114 Å². The quantitative estimate of drug-likeness (QED) is 0.0909. The summed E-state index contributed by atoms with van der Waals surface area (Å²) in [5, 5.41) is 0. The minimum atomic E-state index is -1.15. The molecule has 6 aliphatic heterocycles. The van der Waals surface area contributed by atoms with Gasteiger partial charge in [-0.15, -0.1) is 0 Å². The van der Waals surface area contributed by atoms with Gasteiger partial charge < -0.3 is 56.8 Å². The van der Waals surface area contributed by atoms with Gasteiger partial charge in [-0.2, -0.15) is 0 Å². The largest absolute Gasteiger partial charge is 0.460 e. The van der Waals surface area contributed by atoms with Gasteiger partial charge >= 0.3 is 71.6 Å². The predicted molar refractivity (Wildman–Crippen MR) is 348 cm³/mol. The number of cyclic esters (lactones) is 6. The van der Waals surface area contributed by atoms with E-state index in [2.05, 4.69) is 0 Å². The van der Waals surface area contributed by atoms with E-state index >= 15 is 0 Å². The van der Waals surface area contributed by atoms with E-state index in [1.165, 1.54) is 0 Å². The molecular weight excluding hydrogens is 1240 g/mol. The zero-order chi connectivity index (χ0) is 74.4. The van der Waals surface area contributed by atoms with Crippen molar-refractivity contribution in [3.05, 3.63) is 0 Å². The first-order chi connectivity index (χ1) is 42.9. The molecule has 24 heteroatoms. The Bertz CT molecular complexity index is 2750.